The molecule has 1 aliphatic rings. The second-order valence-corrected chi connectivity index (χ2v) is 4.79. The Morgan fingerprint density at radius 1 is 1.41 bits per heavy atom. The molecule has 0 aromatic carbocycles. The van der Waals surface area contributed by atoms with Crippen molar-refractivity contribution in [2.24, 2.45) is 5.92 Å². The molecule has 1 aromatic rings. The van der Waals surface area contributed by atoms with E-state index in [2.05, 4.69) is 17.2 Å². The molecular weight excluding hydrogens is 212 g/mol. The van der Waals surface area contributed by atoms with E-state index in [1.165, 1.54) is 32.1 Å². The fourth-order valence-electron chi connectivity index (χ4n) is 2.51. The lowest BCUT2D eigenvalue weighted by atomic mass is 9.85. The number of nitrogens with one attached hydrogen (secondary N) is 1. The van der Waals surface area contributed by atoms with Crippen LogP contribution in [0.2, 0.25) is 0 Å². The van der Waals surface area contributed by atoms with E-state index in [0.717, 1.165) is 17.6 Å². The first-order valence-corrected chi connectivity index (χ1v) is 6.63. The molecule has 1 heterocycles. The molecule has 0 amide bonds. The van der Waals surface area contributed by atoms with Crippen LogP contribution in [0.3, 0.4) is 0 Å². The molecule has 3 heteroatoms. The van der Waals surface area contributed by atoms with E-state index in [-0.39, 0.29) is 0 Å². The molecule has 1 aliphatic carbocycles. The number of ether oxygens (including phenoxy) is 1. The van der Waals surface area contributed by atoms with Crippen molar-refractivity contribution in [1.82, 2.24) is 4.98 Å². The lowest BCUT2D eigenvalue weighted by Crippen LogP contribution is -2.25. The average molecular weight is 234 g/mol. The monoisotopic (exact) mass is 234 g/mol. The van der Waals surface area contributed by atoms with Gasteiger partial charge in [-0.2, -0.15) is 4.98 Å². The first-order chi connectivity index (χ1) is 8.31. The number of rotatable bonds is 4. The van der Waals surface area contributed by atoms with Crippen LogP contribution in [-0.2, 0) is 0 Å². The highest BCUT2D eigenvalue weighted by Crippen LogP contribution is 2.29. The summed E-state index contributed by atoms with van der Waals surface area (Å²) in [6, 6.07) is 5.87. The maximum atomic E-state index is 5.98. The van der Waals surface area contributed by atoms with Gasteiger partial charge in [0.1, 0.15) is 11.9 Å². The summed E-state index contributed by atoms with van der Waals surface area (Å²) >= 11 is 0. The summed E-state index contributed by atoms with van der Waals surface area (Å²) in [7, 11) is 1.87. The highest BCUT2D eigenvalue weighted by atomic mass is 16.5. The molecular formula is C14H22N2O. The van der Waals surface area contributed by atoms with E-state index < -0.39 is 0 Å². The van der Waals surface area contributed by atoms with Crippen molar-refractivity contribution in [2.75, 3.05) is 12.4 Å². The molecule has 0 saturated heterocycles. The zero-order chi connectivity index (χ0) is 12.1. The summed E-state index contributed by atoms with van der Waals surface area (Å²) in [6.45, 7) is 2.27. The van der Waals surface area contributed by atoms with Gasteiger partial charge in [0.05, 0.1) is 0 Å². The van der Waals surface area contributed by atoms with Crippen LogP contribution in [0.25, 0.3) is 0 Å². The Kier molecular flexibility index (Phi) is 4.24. The van der Waals surface area contributed by atoms with Gasteiger partial charge in [-0.25, -0.2) is 0 Å². The standard InChI is InChI=1S/C14H22N2O/c1-3-11-6-4-7-12(10-11)17-14-9-5-8-13(15-2)16-14/h5,8-9,11-12H,3-4,6-7,10H2,1-2H3,(H,15,16). The summed E-state index contributed by atoms with van der Waals surface area (Å²) in [5.41, 5.74) is 0. The predicted molar refractivity (Wildman–Crippen MR) is 70.4 cm³/mol. The van der Waals surface area contributed by atoms with Crippen LogP contribution in [0.4, 0.5) is 5.82 Å². The predicted octanol–water partition coefficient (Wildman–Crippen LogP) is 3.47. The average Bonchev–Trinajstić information content (AvgIpc) is 2.39. The minimum atomic E-state index is 0.355. The van der Waals surface area contributed by atoms with Gasteiger partial charge in [0.2, 0.25) is 5.88 Å². The summed E-state index contributed by atoms with van der Waals surface area (Å²) < 4.78 is 5.98. The fourth-order valence-corrected chi connectivity index (χ4v) is 2.51. The van der Waals surface area contributed by atoms with E-state index in [4.69, 9.17) is 4.74 Å². The van der Waals surface area contributed by atoms with Crippen molar-refractivity contribution in [1.29, 1.82) is 0 Å². The lowest BCUT2D eigenvalue weighted by Gasteiger charge is -2.28. The summed E-state index contributed by atoms with van der Waals surface area (Å²) in [4.78, 5) is 4.40. The van der Waals surface area contributed by atoms with Crippen molar-refractivity contribution in [3.05, 3.63) is 18.2 Å². The van der Waals surface area contributed by atoms with E-state index in [1.54, 1.807) is 0 Å². The molecule has 2 atom stereocenters. The quantitative estimate of drug-likeness (QED) is 0.866. The van der Waals surface area contributed by atoms with Gasteiger partial charge in [-0.05, 0) is 31.2 Å². The molecule has 94 valence electrons. The molecule has 0 bridgehead atoms. The summed E-state index contributed by atoms with van der Waals surface area (Å²) in [5.74, 6) is 2.45. The highest BCUT2D eigenvalue weighted by Gasteiger charge is 2.22. The lowest BCUT2D eigenvalue weighted by molar-refractivity contribution is 0.117. The van der Waals surface area contributed by atoms with E-state index >= 15 is 0 Å². The maximum Gasteiger partial charge on any atom is 0.215 e. The van der Waals surface area contributed by atoms with Gasteiger partial charge in [0, 0.05) is 13.1 Å². The number of aromatic nitrogens is 1. The van der Waals surface area contributed by atoms with Crippen molar-refractivity contribution in [3.8, 4) is 5.88 Å². The van der Waals surface area contributed by atoms with Gasteiger partial charge in [0.15, 0.2) is 0 Å². The SMILES string of the molecule is CCC1CCCC(Oc2cccc(NC)n2)C1. The van der Waals surface area contributed by atoms with E-state index in [1.807, 2.05) is 25.2 Å². The normalized spacial score (nSPS) is 24.4. The van der Waals surface area contributed by atoms with Crippen LogP contribution < -0.4 is 10.1 Å². The number of hydrogen-bond donors (Lipinski definition) is 1. The molecule has 2 unspecified atom stereocenters. The molecule has 2 rings (SSSR count). The number of nitrogens with zero attached hydrogens (tertiary/aromatic N) is 1. The first kappa shape index (κ1) is 12.2. The highest BCUT2D eigenvalue weighted by molar-refractivity contribution is 5.36. The Balaban J connectivity index is 1.95. The van der Waals surface area contributed by atoms with Crippen LogP contribution in [0.5, 0.6) is 5.88 Å². The molecule has 0 aliphatic heterocycles. The second-order valence-electron chi connectivity index (χ2n) is 4.79. The molecule has 3 nitrogen and oxygen atoms in total. The smallest absolute Gasteiger partial charge is 0.215 e. The number of hydrogen-bond acceptors (Lipinski definition) is 3. The Hall–Kier alpha value is -1.25. The number of anilines is 1. The maximum absolute atomic E-state index is 5.98. The van der Waals surface area contributed by atoms with Gasteiger partial charge in [-0.15, -0.1) is 0 Å². The Bertz CT molecular complexity index is 354. The molecule has 0 radical (unpaired) electrons. The topological polar surface area (TPSA) is 34.1 Å². The minimum Gasteiger partial charge on any atom is -0.474 e. The van der Waals surface area contributed by atoms with Crippen molar-refractivity contribution < 1.29 is 4.74 Å². The second kappa shape index (κ2) is 5.89. The van der Waals surface area contributed by atoms with Gasteiger partial charge in [-0.3, -0.25) is 0 Å². The van der Waals surface area contributed by atoms with Gasteiger partial charge < -0.3 is 10.1 Å². The molecule has 0 spiro atoms. The minimum absolute atomic E-state index is 0.355. The molecule has 1 aromatic heterocycles. The van der Waals surface area contributed by atoms with Gasteiger partial charge >= 0.3 is 0 Å². The molecule has 17 heavy (non-hydrogen) atoms. The van der Waals surface area contributed by atoms with Crippen LogP contribution in [0.15, 0.2) is 18.2 Å². The van der Waals surface area contributed by atoms with Crippen LogP contribution >= 0.6 is 0 Å². The van der Waals surface area contributed by atoms with E-state index in [0.29, 0.717) is 6.10 Å². The summed E-state index contributed by atoms with van der Waals surface area (Å²) in [6.07, 6.45) is 6.62. The van der Waals surface area contributed by atoms with Crippen molar-refractivity contribution in [2.45, 2.75) is 45.1 Å². The Morgan fingerprint density at radius 2 is 2.29 bits per heavy atom. The zero-order valence-electron chi connectivity index (χ0n) is 10.8. The van der Waals surface area contributed by atoms with Crippen LogP contribution in [0, 0.1) is 5.92 Å². The van der Waals surface area contributed by atoms with Crippen LogP contribution in [0.1, 0.15) is 39.0 Å². The number of pyridine rings is 1. The third-order valence-electron chi connectivity index (χ3n) is 3.58. The van der Waals surface area contributed by atoms with Crippen molar-refractivity contribution >= 4 is 5.82 Å². The molecule has 1 N–H and O–H groups in total. The molecule has 1 saturated carbocycles. The summed E-state index contributed by atoms with van der Waals surface area (Å²) in [5, 5.41) is 3.03. The Morgan fingerprint density at radius 3 is 3.06 bits per heavy atom. The zero-order valence-corrected chi connectivity index (χ0v) is 10.8. The Labute approximate surface area is 104 Å². The van der Waals surface area contributed by atoms with Crippen LogP contribution in [-0.4, -0.2) is 18.1 Å². The fraction of sp³-hybridized carbons (Fsp3) is 0.643. The third-order valence-corrected chi connectivity index (χ3v) is 3.58. The first-order valence-electron chi connectivity index (χ1n) is 6.63. The van der Waals surface area contributed by atoms with Gasteiger partial charge in [0.25, 0.3) is 0 Å². The largest absolute Gasteiger partial charge is 0.474 e. The van der Waals surface area contributed by atoms with Gasteiger partial charge in [-0.1, -0.05) is 25.8 Å². The molecule has 1 fully saturated rings. The van der Waals surface area contributed by atoms with Crippen molar-refractivity contribution in [3.63, 3.8) is 0 Å². The van der Waals surface area contributed by atoms with E-state index in [9.17, 15) is 0 Å². The third kappa shape index (κ3) is 3.35.